The van der Waals surface area contributed by atoms with Gasteiger partial charge in [-0.3, -0.25) is 4.79 Å². The van der Waals surface area contributed by atoms with Crippen molar-refractivity contribution in [2.45, 2.75) is 71.3 Å². The van der Waals surface area contributed by atoms with Crippen LogP contribution in [0.15, 0.2) is 42.5 Å². The molecule has 0 aromatic heterocycles. The normalized spacial score (nSPS) is 12.2. The standard InChI is InChI=1S/C22H31NO/c1-3-4-5-6-7-8-9-17-22(24)23-18(2)20-16-12-14-19-13-10-11-15-21(19)20/h10-16,18H,3-9,17H2,1-2H3,(H,23,24)/t18-/m1/s1. The predicted molar refractivity (Wildman–Crippen MR) is 103 cm³/mol. The van der Waals surface area contributed by atoms with Crippen LogP contribution in [-0.2, 0) is 4.79 Å². The summed E-state index contributed by atoms with van der Waals surface area (Å²) in [7, 11) is 0. The van der Waals surface area contributed by atoms with E-state index in [0.29, 0.717) is 6.42 Å². The fourth-order valence-electron chi connectivity index (χ4n) is 3.26. The third-order valence-corrected chi connectivity index (χ3v) is 4.67. The Hall–Kier alpha value is -1.83. The molecular weight excluding hydrogens is 294 g/mol. The van der Waals surface area contributed by atoms with Crippen LogP contribution in [-0.4, -0.2) is 5.91 Å². The highest BCUT2D eigenvalue weighted by Crippen LogP contribution is 2.24. The summed E-state index contributed by atoms with van der Waals surface area (Å²) in [6.07, 6.45) is 9.33. The van der Waals surface area contributed by atoms with Gasteiger partial charge >= 0.3 is 0 Å². The van der Waals surface area contributed by atoms with Crippen LogP contribution in [0.25, 0.3) is 10.8 Å². The molecule has 1 amide bonds. The van der Waals surface area contributed by atoms with E-state index < -0.39 is 0 Å². The molecule has 1 atom stereocenters. The lowest BCUT2D eigenvalue weighted by Crippen LogP contribution is -2.26. The summed E-state index contributed by atoms with van der Waals surface area (Å²) in [4.78, 5) is 12.2. The maximum atomic E-state index is 12.2. The summed E-state index contributed by atoms with van der Waals surface area (Å²) in [6, 6.07) is 14.7. The van der Waals surface area contributed by atoms with Crippen molar-refractivity contribution in [2.75, 3.05) is 0 Å². The van der Waals surface area contributed by atoms with Crippen LogP contribution in [0.2, 0.25) is 0 Å². The van der Waals surface area contributed by atoms with Gasteiger partial charge in [-0.1, -0.05) is 87.9 Å². The molecule has 2 rings (SSSR count). The average molecular weight is 325 g/mol. The van der Waals surface area contributed by atoms with E-state index in [1.807, 2.05) is 0 Å². The van der Waals surface area contributed by atoms with Crippen molar-refractivity contribution in [3.63, 3.8) is 0 Å². The second-order valence-electron chi connectivity index (χ2n) is 6.73. The van der Waals surface area contributed by atoms with Gasteiger partial charge in [-0.2, -0.15) is 0 Å². The lowest BCUT2D eigenvalue weighted by atomic mass is 9.99. The fraction of sp³-hybridized carbons (Fsp3) is 0.500. The zero-order valence-corrected chi connectivity index (χ0v) is 15.2. The molecule has 2 aromatic rings. The van der Waals surface area contributed by atoms with Crippen LogP contribution in [0.1, 0.15) is 76.8 Å². The summed E-state index contributed by atoms with van der Waals surface area (Å²) in [5.41, 5.74) is 1.20. The summed E-state index contributed by atoms with van der Waals surface area (Å²) < 4.78 is 0. The first-order chi connectivity index (χ1) is 11.7. The molecule has 0 radical (unpaired) electrons. The highest BCUT2D eigenvalue weighted by atomic mass is 16.1. The summed E-state index contributed by atoms with van der Waals surface area (Å²) in [6.45, 7) is 4.31. The third-order valence-electron chi connectivity index (χ3n) is 4.67. The number of nitrogens with one attached hydrogen (secondary N) is 1. The number of carbonyl (C=O) groups excluding carboxylic acids is 1. The fourth-order valence-corrected chi connectivity index (χ4v) is 3.26. The molecule has 24 heavy (non-hydrogen) atoms. The Balaban J connectivity index is 1.77. The topological polar surface area (TPSA) is 29.1 Å². The molecule has 0 saturated carbocycles. The second-order valence-corrected chi connectivity index (χ2v) is 6.73. The number of hydrogen-bond donors (Lipinski definition) is 1. The van der Waals surface area contributed by atoms with Gasteiger partial charge in [-0.25, -0.2) is 0 Å². The van der Waals surface area contributed by atoms with Crippen LogP contribution in [0.5, 0.6) is 0 Å². The predicted octanol–water partition coefficient (Wildman–Crippen LogP) is 6.16. The number of rotatable bonds is 10. The lowest BCUT2D eigenvalue weighted by molar-refractivity contribution is -0.121. The van der Waals surface area contributed by atoms with E-state index in [2.05, 4.69) is 61.6 Å². The maximum Gasteiger partial charge on any atom is 0.220 e. The van der Waals surface area contributed by atoms with Crippen LogP contribution in [0, 0.1) is 0 Å². The van der Waals surface area contributed by atoms with Gasteiger partial charge in [0.05, 0.1) is 6.04 Å². The molecule has 2 nitrogen and oxygen atoms in total. The molecular formula is C22H31NO. The smallest absolute Gasteiger partial charge is 0.220 e. The van der Waals surface area contributed by atoms with Gasteiger partial charge in [-0.05, 0) is 29.7 Å². The van der Waals surface area contributed by atoms with E-state index >= 15 is 0 Å². The van der Waals surface area contributed by atoms with Crippen LogP contribution < -0.4 is 5.32 Å². The van der Waals surface area contributed by atoms with Crippen molar-refractivity contribution in [1.29, 1.82) is 0 Å². The maximum absolute atomic E-state index is 12.2. The first-order valence-corrected chi connectivity index (χ1v) is 9.49. The molecule has 0 spiro atoms. The van der Waals surface area contributed by atoms with Gasteiger partial charge in [0.25, 0.3) is 0 Å². The number of carbonyl (C=O) groups is 1. The Labute approximate surface area is 146 Å². The third kappa shape index (κ3) is 5.67. The molecule has 2 aromatic carbocycles. The Morgan fingerprint density at radius 1 is 0.917 bits per heavy atom. The quantitative estimate of drug-likeness (QED) is 0.521. The largest absolute Gasteiger partial charge is 0.350 e. The van der Waals surface area contributed by atoms with Gasteiger partial charge in [0, 0.05) is 6.42 Å². The zero-order valence-electron chi connectivity index (χ0n) is 15.2. The Morgan fingerprint density at radius 2 is 1.58 bits per heavy atom. The first-order valence-electron chi connectivity index (χ1n) is 9.49. The second kappa shape index (κ2) is 10.1. The molecule has 130 valence electrons. The molecule has 0 aliphatic heterocycles. The summed E-state index contributed by atoms with van der Waals surface area (Å²) in [5.74, 6) is 0.170. The summed E-state index contributed by atoms with van der Waals surface area (Å²) in [5, 5.41) is 5.61. The number of unbranched alkanes of at least 4 members (excludes halogenated alkanes) is 6. The van der Waals surface area contributed by atoms with Crippen LogP contribution >= 0.6 is 0 Å². The van der Waals surface area contributed by atoms with Crippen LogP contribution in [0.3, 0.4) is 0 Å². The Morgan fingerprint density at radius 3 is 2.38 bits per heavy atom. The summed E-state index contributed by atoms with van der Waals surface area (Å²) >= 11 is 0. The van der Waals surface area contributed by atoms with E-state index in [0.717, 1.165) is 6.42 Å². The highest BCUT2D eigenvalue weighted by Gasteiger charge is 2.11. The van der Waals surface area contributed by atoms with Crippen molar-refractivity contribution in [1.82, 2.24) is 5.32 Å². The van der Waals surface area contributed by atoms with E-state index in [-0.39, 0.29) is 11.9 Å². The lowest BCUT2D eigenvalue weighted by Gasteiger charge is -2.16. The number of fused-ring (bicyclic) bond motifs is 1. The van der Waals surface area contributed by atoms with Crippen molar-refractivity contribution >= 4 is 16.7 Å². The molecule has 0 fully saturated rings. The SMILES string of the molecule is CCCCCCCCCC(=O)N[C@H](C)c1cccc2ccccc12. The minimum atomic E-state index is 0.0492. The first kappa shape index (κ1) is 18.5. The van der Waals surface area contributed by atoms with Gasteiger partial charge in [0.1, 0.15) is 0 Å². The zero-order chi connectivity index (χ0) is 17.2. The number of amides is 1. The monoisotopic (exact) mass is 325 g/mol. The Bertz CT molecular complexity index is 629. The molecule has 0 saturated heterocycles. The molecule has 0 aliphatic rings. The minimum absolute atomic E-state index is 0.0492. The minimum Gasteiger partial charge on any atom is -0.350 e. The molecule has 0 unspecified atom stereocenters. The molecule has 0 bridgehead atoms. The van der Waals surface area contributed by atoms with Crippen molar-refractivity contribution in [2.24, 2.45) is 0 Å². The Kier molecular flexibility index (Phi) is 7.81. The van der Waals surface area contributed by atoms with Crippen molar-refractivity contribution in [3.8, 4) is 0 Å². The van der Waals surface area contributed by atoms with Crippen molar-refractivity contribution in [3.05, 3.63) is 48.0 Å². The van der Waals surface area contributed by atoms with E-state index in [1.165, 1.54) is 54.9 Å². The average Bonchev–Trinajstić information content (AvgIpc) is 2.60. The number of benzene rings is 2. The van der Waals surface area contributed by atoms with E-state index in [9.17, 15) is 4.79 Å². The molecule has 0 aliphatic carbocycles. The van der Waals surface area contributed by atoms with E-state index in [1.54, 1.807) is 0 Å². The van der Waals surface area contributed by atoms with Gasteiger partial charge in [-0.15, -0.1) is 0 Å². The van der Waals surface area contributed by atoms with Gasteiger partial charge in [0.2, 0.25) is 5.91 Å². The number of hydrogen-bond acceptors (Lipinski definition) is 1. The van der Waals surface area contributed by atoms with Gasteiger partial charge < -0.3 is 5.32 Å². The molecule has 2 heteroatoms. The molecule has 0 heterocycles. The molecule has 1 N–H and O–H groups in total. The van der Waals surface area contributed by atoms with Gasteiger partial charge in [0.15, 0.2) is 0 Å². The van der Waals surface area contributed by atoms with E-state index in [4.69, 9.17) is 0 Å². The van der Waals surface area contributed by atoms with Crippen LogP contribution in [0.4, 0.5) is 0 Å². The highest BCUT2D eigenvalue weighted by molar-refractivity contribution is 5.86. The van der Waals surface area contributed by atoms with Crippen molar-refractivity contribution < 1.29 is 4.79 Å².